The molecule has 0 bridgehead atoms. The molecule has 1 aromatic heterocycles. The maximum Gasteiger partial charge on any atom is 0.0639 e. The van der Waals surface area contributed by atoms with Gasteiger partial charge in [0.1, 0.15) is 0 Å². The predicted molar refractivity (Wildman–Crippen MR) is 101 cm³/mol. The van der Waals surface area contributed by atoms with E-state index in [1.807, 2.05) is 18.2 Å². The summed E-state index contributed by atoms with van der Waals surface area (Å²) < 4.78 is 4.27. The number of rotatable bonds is 2. The molecule has 112 valence electrons. The molecule has 22 heavy (non-hydrogen) atoms. The van der Waals surface area contributed by atoms with Gasteiger partial charge < -0.3 is 4.57 Å². The molecule has 0 radical (unpaired) electrons. The molecule has 0 saturated carbocycles. The highest BCUT2D eigenvalue weighted by Gasteiger charge is 2.20. The minimum absolute atomic E-state index is 0.735. The van der Waals surface area contributed by atoms with Gasteiger partial charge in [-0.3, -0.25) is 0 Å². The summed E-state index contributed by atoms with van der Waals surface area (Å²) in [5.74, 6) is 0. The van der Waals surface area contributed by atoms with Gasteiger partial charge in [0, 0.05) is 17.6 Å². The largest absolute Gasteiger partial charge is 0.342 e. The number of aromatic nitrogens is 1. The van der Waals surface area contributed by atoms with Crippen LogP contribution < -0.4 is 0 Å². The lowest BCUT2D eigenvalue weighted by molar-refractivity contribution is 0.943. The summed E-state index contributed by atoms with van der Waals surface area (Å²) >= 11 is 13.6. The van der Waals surface area contributed by atoms with Gasteiger partial charge in [-0.1, -0.05) is 53.6 Å². The van der Waals surface area contributed by atoms with Crippen molar-refractivity contribution < 1.29 is 0 Å². The molecule has 0 amide bonds. The molecule has 0 aliphatic heterocycles. The fourth-order valence-corrected chi connectivity index (χ4v) is 4.16. The van der Waals surface area contributed by atoms with Crippen LogP contribution in [0, 0.1) is 6.92 Å². The second-order valence-corrected chi connectivity index (χ2v) is 7.28. The Morgan fingerprint density at radius 2 is 1.45 bits per heavy atom. The second-order valence-electron chi connectivity index (χ2n) is 5.26. The highest BCUT2D eigenvalue weighted by Crippen LogP contribution is 2.43. The van der Waals surface area contributed by atoms with Gasteiger partial charge in [0.15, 0.2) is 0 Å². The van der Waals surface area contributed by atoms with Crippen molar-refractivity contribution in [2.75, 3.05) is 0 Å². The molecule has 2 aromatic carbocycles. The van der Waals surface area contributed by atoms with E-state index in [-0.39, 0.29) is 0 Å². The van der Waals surface area contributed by atoms with Gasteiger partial charge in [-0.2, -0.15) is 0 Å². The van der Waals surface area contributed by atoms with Crippen LogP contribution in [0.1, 0.15) is 5.56 Å². The monoisotopic (exact) mass is 437 g/mol. The fraction of sp³-hybridized carbons (Fsp3) is 0.111. The van der Waals surface area contributed by atoms with Crippen molar-refractivity contribution in [2.45, 2.75) is 6.92 Å². The quantitative estimate of drug-likeness (QED) is 0.412. The smallest absolute Gasteiger partial charge is 0.0639 e. The Balaban J connectivity index is 2.23. The highest BCUT2D eigenvalue weighted by atomic mass is 79.9. The van der Waals surface area contributed by atoms with Gasteiger partial charge in [-0.15, -0.1) is 0 Å². The van der Waals surface area contributed by atoms with Gasteiger partial charge in [0.05, 0.1) is 20.3 Å². The molecule has 0 unspecified atom stereocenters. The van der Waals surface area contributed by atoms with E-state index in [1.54, 1.807) is 0 Å². The molecule has 0 spiro atoms. The maximum atomic E-state index is 6.14. The molecule has 4 heteroatoms. The van der Waals surface area contributed by atoms with Crippen LogP contribution in [-0.4, -0.2) is 4.57 Å². The van der Waals surface area contributed by atoms with Crippen LogP contribution in [0.3, 0.4) is 0 Å². The van der Waals surface area contributed by atoms with E-state index in [1.165, 1.54) is 11.1 Å². The Labute approximate surface area is 152 Å². The van der Waals surface area contributed by atoms with Crippen LogP contribution in [0.25, 0.3) is 22.5 Å². The zero-order valence-electron chi connectivity index (χ0n) is 12.2. The Morgan fingerprint density at radius 1 is 0.864 bits per heavy atom. The summed E-state index contributed by atoms with van der Waals surface area (Å²) in [6.07, 6.45) is 0. The molecule has 0 N–H and O–H groups in total. The standard InChI is InChI=1S/C18H14Br2ClN/c1-11-6-8-12(9-7-11)17-15(19)16(20)18(22(17)2)13-4-3-5-14(21)10-13/h3-10H,1-2H3. The molecule has 3 aromatic rings. The van der Waals surface area contributed by atoms with Crippen molar-refractivity contribution in [1.29, 1.82) is 0 Å². The number of halogens is 3. The van der Waals surface area contributed by atoms with Gasteiger partial charge >= 0.3 is 0 Å². The van der Waals surface area contributed by atoms with Crippen molar-refractivity contribution in [3.05, 3.63) is 68.1 Å². The van der Waals surface area contributed by atoms with E-state index in [0.29, 0.717) is 0 Å². The molecule has 0 aliphatic rings. The first-order valence-corrected chi connectivity index (χ1v) is 8.82. The van der Waals surface area contributed by atoms with E-state index in [4.69, 9.17) is 11.6 Å². The molecule has 1 nitrogen and oxygen atoms in total. The van der Waals surface area contributed by atoms with Crippen LogP contribution in [0.5, 0.6) is 0 Å². The van der Waals surface area contributed by atoms with Crippen molar-refractivity contribution in [3.8, 4) is 22.5 Å². The first-order valence-electron chi connectivity index (χ1n) is 6.85. The number of benzene rings is 2. The first kappa shape index (κ1) is 15.9. The zero-order chi connectivity index (χ0) is 15.9. The van der Waals surface area contributed by atoms with Crippen molar-refractivity contribution in [1.82, 2.24) is 4.57 Å². The molecule has 0 saturated heterocycles. The van der Waals surface area contributed by atoms with Crippen LogP contribution in [-0.2, 0) is 7.05 Å². The Morgan fingerprint density at radius 3 is 2.05 bits per heavy atom. The van der Waals surface area contributed by atoms with Crippen LogP contribution in [0.4, 0.5) is 0 Å². The fourth-order valence-electron chi connectivity index (χ4n) is 2.60. The minimum atomic E-state index is 0.735. The number of nitrogens with zero attached hydrogens (tertiary/aromatic N) is 1. The normalized spacial score (nSPS) is 11.0. The SMILES string of the molecule is Cc1ccc(-c2c(Br)c(Br)c(-c3cccc(Cl)c3)n2C)cc1. The molecule has 1 heterocycles. The lowest BCUT2D eigenvalue weighted by atomic mass is 10.1. The Bertz CT molecular complexity index is 835. The molecule has 0 aliphatic carbocycles. The van der Waals surface area contributed by atoms with E-state index in [2.05, 4.69) is 80.7 Å². The third-order valence-electron chi connectivity index (χ3n) is 3.70. The maximum absolute atomic E-state index is 6.14. The summed E-state index contributed by atoms with van der Waals surface area (Å²) in [6, 6.07) is 16.4. The third-order valence-corrected chi connectivity index (χ3v) is 6.01. The molecular formula is C18H14Br2ClN. The first-order chi connectivity index (χ1) is 10.5. The van der Waals surface area contributed by atoms with E-state index in [0.717, 1.165) is 30.9 Å². The van der Waals surface area contributed by atoms with E-state index < -0.39 is 0 Å². The summed E-state index contributed by atoms with van der Waals surface area (Å²) in [7, 11) is 2.07. The minimum Gasteiger partial charge on any atom is -0.342 e. The lowest BCUT2D eigenvalue weighted by Crippen LogP contribution is -1.95. The van der Waals surface area contributed by atoms with Gasteiger partial charge in [-0.25, -0.2) is 0 Å². The topological polar surface area (TPSA) is 4.93 Å². The third kappa shape index (κ3) is 2.78. The van der Waals surface area contributed by atoms with E-state index >= 15 is 0 Å². The number of hydrogen-bond donors (Lipinski definition) is 0. The van der Waals surface area contributed by atoms with Gasteiger partial charge in [-0.05, 0) is 56.5 Å². The van der Waals surface area contributed by atoms with Crippen molar-refractivity contribution >= 4 is 43.5 Å². The van der Waals surface area contributed by atoms with Gasteiger partial charge in [0.25, 0.3) is 0 Å². The Kier molecular flexibility index (Phi) is 4.49. The van der Waals surface area contributed by atoms with Crippen LogP contribution in [0.2, 0.25) is 5.02 Å². The molecule has 0 atom stereocenters. The zero-order valence-corrected chi connectivity index (χ0v) is 16.1. The number of aryl methyl sites for hydroxylation is 1. The predicted octanol–water partition coefficient (Wildman–Crippen LogP) is 6.85. The molecule has 0 fully saturated rings. The van der Waals surface area contributed by atoms with Crippen LogP contribution in [0.15, 0.2) is 57.5 Å². The summed E-state index contributed by atoms with van der Waals surface area (Å²) in [6.45, 7) is 2.09. The average molecular weight is 440 g/mol. The van der Waals surface area contributed by atoms with Gasteiger partial charge in [0.2, 0.25) is 0 Å². The summed E-state index contributed by atoms with van der Waals surface area (Å²) in [4.78, 5) is 0. The lowest BCUT2D eigenvalue weighted by Gasteiger charge is -2.09. The van der Waals surface area contributed by atoms with Crippen LogP contribution >= 0.6 is 43.5 Å². The second kappa shape index (κ2) is 6.23. The molecular weight excluding hydrogens is 425 g/mol. The van der Waals surface area contributed by atoms with E-state index in [9.17, 15) is 0 Å². The van der Waals surface area contributed by atoms with Crippen molar-refractivity contribution in [2.24, 2.45) is 7.05 Å². The Hall–Kier alpha value is -1.03. The summed E-state index contributed by atoms with van der Waals surface area (Å²) in [5, 5.41) is 0.735. The number of hydrogen-bond acceptors (Lipinski definition) is 0. The summed E-state index contributed by atoms with van der Waals surface area (Å²) in [5.41, 5.74) is 5.75. The van der Waals surface area contributed by atoms with Crippen molar-refractivity contribution in [3.63, 3.8) is 0 Å². The molecule has 3 rings (SSSR count). The average Bonchev–Trinajstić information content (AvgIpc) is 2.71. The highest BCUT2D eigenvalue weighted by molar-refractivity contribution is 9.13.